The average Bonchev–Trinajstić information content (AvgIpc) is 2.52. The number of benzene rings is 1. The molecule has 1 atom stereocenters. The van der Waals surface area contributed by atoms with Crippen LogP contribution in [0.1, 0.15) is 16.1 Å². The van der Waals surface area contributed by atoms with Crippen LogP contribution in [0, 0.1) is 11.3 Å². The first-order valence-electron chi connectivity index (χ1n) is 6.28. The summed E-state index contributed by atoms with van der Waals surface area (Å²) in [6.45, 7) is 0.0929. The number of pyridine rings is 1. The van der Waals surface area contributed by atoms with Crippen molar-refractivity contribution < 1.29 is 9.53 Å². The van der Waals surface area contributed by atoms with E-state index in [2.05, 4.69) is 10.3 Å². The molecule has 0 saturated carbocycles. The van der Waals surface area contributed by atoms with E-state index in [0.717, 1.165) is 0 Å². The predicted molar refractivity (Wildman–Crippen MR) is 82.4 cm³/mol. The smallest absolute Gasteiger partial charge is 0.257 e. The fourth-order valence-corrected chi connectivity index (χ4v) is 2.24. The maximum Gasteiger partial charge on any atom is 0.257 e. The largest absolute Gasteiger partial charge is 0.339 e. The van der Waals surface area contributed by atoms with Crippen LogP contribution in [0.3, 0.4) is 0 Å². The van der Waals surface area contributed by atoms with Crippen molar-refractivity contribution in [2.45, 2.75) is 12.8 Å². The number of carbonyl (C=O) groups is 1. The van der Waals surface area contributed by atoms with E-state index in [1.165, 1.54) is 0 Å². The third kappa shape index (κ3) is 4.18. The number of hydrogen-bond acceptors (Lipinski definition) is 4. The molecule has 0 aliphatic rings. The van der Waals surface area contributed by atoms with Gasteiger partial charge in [-0.3, -0.25) is 9.78 Å². The highest BCUT2D eigenvalue weighted by Gasteiger charge is 2.18. The maximum atomic E-state index is 12.1. The average molecular weight is 336 g/mol. The molecule has 0 bridgehead atoms. The van der Waals surface area contributed by atoms with Crippen LogP contribution >= 0.6 is 23.2 Å². The molecular weight excluding hydrogens is 325 g/mol. The number of nitrogens with one attached hydrogen (secondary N) is 1. The third-order valence-electron chi connectivity index (χ3n) is 2.69. The van der Waals surface area contributed by atoms with Crippen molar-refractivity contribution in [1.82, 2.24) is 10.3 Å². The molecule has 22 heavy (non-hydrogen) atoms. The van der Waals surface area contributed by atoms with Crippen LogP contribution in [-0.4, -0.2) is 17.1 Å². The number of nitriles is 1. The number of ether oxygens (including phenoxy) is 1. The highest BCUT2D eigenvalue weighted by molar-refractivity contribution is 6.39. The molecule has 2 rings (SSSR count). The number of aromatic nitrogens is 1. The molecule has 1 amide bonds. The zero-order chi connectivity index (χ0) is 15.9. The van der Waals surface area contributed by atoms with Crippen LogP contribution < -0.4 is 5.32 Å². The summed E-state index contributed by atoms with van der Waals surface area (Å²) in [7, 11) is 0. The molecule has 0 saturated heterocycles. The summed E-state index contributed by atoms with van der Waals surface area (Å²) in [6, 6.07) is 11.9. The Bertz CT molecular complexity index is 681. The van der Waals surface area contributed by atoms with Gasteiger partial charge in [0, 0.05) is 6.20 Å². The van der Waals surface area contributed by atoms with Crippen molar-refractivity contribution in [1.29, 1.82) is 5.26 Å². The minimum atomic E-state index is -1.14. The van der Waals surface area contributed by atoms with E-state index in [4.69, 9.17) is 33.2 Å². The van der Waals surface area contributed by atoms with Gasteiger partial charge in [-0.1, -0.05) is 35.3 Å². The number of nitrogens with zero attached hydrogens (tertiary/aromatic N) is 2. The summed E-state index contributed by atoms with van der Waals surface area (Å²) in [6.07, 6.45) is 0.476. The van der Waals surface area contributed by atoms with Gasteiger partial charge in [0.15, 0.2) is 0 Å². The summed E-state index contributed by atoms with van der Waals surface area (Å²) in [5.41, 5.74) is 0.750. The van der Waals surface area contributed by atoms with Crippen molar-refractivity contribution in [2.24, 2.45) is 0 Å². The first-order valence-corrected chi connectivity index (χ1v) is 7.03. The van der Waals surface area contributed by atoms with E-state index in [1.54, 1.807) is 42.6 Å². The van der Waals surface area contributed by atoms with Crippen LogP contribution in [0.2, 0.25) is 10.0 Å². The number of carbonyl (C=O) groups excluding carboxylic acids is 1. The SMILES string of the molecule is N#CC(NC(=O)c1c(Cl)cccc1Cl)OCc1ccccn1. The number of rotatable bonds is 5. The topological polar surface area (TPSA) is 75.0 Å². The molecule has 1 heterocycles. The maximum absolute atomic E-state index is 12.1. The van der Waals surface area contributed by atoms with Gasteiger partial charge in [-0.05, 0) is 24.3 Å². The highest BCUT2D eigenvalue weighted by atomic mass is 35.5. The lowest BCUT2D eigenvalue weighted by Gasteiger charge is -2.13. The number of hydrogen-bond donors (Lipinski definition) is 1. The fraction of sp³-hybridized carbons (Fsp3) is 0.133. The lowest BCUT2D eigenvalue weighted by atomic mass is 10.2. The normalized spacial score (nSPS) is 11.5. The quantitative estimate of drug-likeness (QED) is 0.851. The first kappa shape index (κ1) is 16.2. The summed E-state index contributed by atoms with van der Waals surface area (Å²) >= 11 is 11.9. The van der Waals surface area contributed by atoms with E-state index in [0.29, 0.717) is 5.69 Å². The summed E-state index contributed by atoms with van der Waals surface area (Å²) in [4.78, 5) is 16.2. The van der Waals surface area contributed by atoms with Gasteiger partial charge in [0.2, 0.25) is 6.23 Å². The van der Waals surface area contributed by atoms with Crippen LogP contribution in [0.5, 0.6) is 0 Å². The molecule has 0 radical (unpaired) electrons. The molecular formula is C15H11Cl2N3O2. The lowest BCUT2D eigenvalue weighted by molar-refractivity contribution is 0.0460. The molecule has 2 aromatic rings. The minimum absolute atomic E-state index is 0.0929. The molecule has 112 valence electrons. The van der Waals surface area contributed by atoms with Gasteiger partial charge in [0.1, 0.15) is 6.07 Å². The number of halogens is 2. The lowest BCUT2D eigenvalue weighted by Crippen LogP contribution is -2.36. The Kier molecular flexibility index (Phi) is 5.73. The molecule has 1 unspecified atom stereocenters. The second-order valence-electron chi connectivity index (χ2n) is 4.21. The van der Waals surface area contributed by atoms with Crippen LogP contribution in [-0.2, 0) is 11.3 Å². The van der Waals surface area contributed by atoms with E-state index in [-0.39, 0.29) is 22.2 Å². The van der Waals surface area contributed by atoms with Gasteiger partial charge < -0.3 is 10.1 Å². The Hall–Kier alpha value is -2.13. The van der Waals surface area contributed by atoms with E-state index < -0.39 is 12.1 Å². The molecule has 1 aromatic heterocycles. The molecule has 7 heteroatoms. The highest BCUT2D eigenvalue weighted by Crippen LogP contribution is 2.24. The molecule has 1 aromatic carbocycles. The standard InChI is InChI=1S/C15H11Cl2N3O2/c16-11-5-3-6-12(17)14(11)15(21)20-13(8-18)22-9-10-4-1-2-7-19-10/h1-7,13H,9H2,(H,20,21). The Morgan fingerprint density at radius 2 is 2.00 bits per heavy atom. The second kappa shape index (κ2) is 7.76. The molecule has 0 spiro atoms. The van der Waals surface area contributed by atoms with Gasteiger partial charge in [-0.2, -0.15) is 5.26 Å². The van der Waals surface area contributed by atoms with Crippen LogP contribution in [0.4, 0.5) is 0 Å². The minimum Gasteiger partial charge on any atom is -0.339 e. The van der Waals surface area contributed by atoms with Gasteiger partial charge in [0.25, 0.3) is 5.91 Å². The van der Waals surface area contributed by atoms with Crippen molar-refractivity contribution in [2.75, 3.05) is 0 Å². The zero-order valence-corrected chi connectivity index (χ0v) is 12.8. The predicted octanol–water partition coefficient (Wildman–Crippen LogP) is 3.18. The Morgan fingerprint density at radius 3 is 2.59 bits per heavy atom. The van der Waals surface area contributed by atoms with Gasteiger partial charge in [-0.15, -0.1) is 0 Å². The third-order valence-corrected chi connectivity index (χ3v) is 3.32. The van der Waals surface area contributed by atoms with Gasteiger partial charge >= 0.3 is 0 Å². The van der Waals surface area contributed by atoms with Crippen LogP contribution in [0.25, 0.3) is 0 Å². The Labute approximate surface area is 137 Å². The Balaban J connectivity index is 2.01. The summed E-state index contributed by atoms with van der Waals surface area (Å²) in [5.74, 6) is -0.580. The molecule has 5 nitrogen and oxygen atoms in total. The Morgan fingerprint density at radius 1 is 1.27 bits per heavy atom. The fourth-order valence-electron chi connectivity index (χ4n) is 1.67. The first-order chi connectivity index (χ1) is 10.6. The molecule has 0 aliphatic carbocycles. The van der Waals surface area contributed by atoms with E-state index in [9.17, 15) is 4.79 Å². The van der Waals surface area contributed by atoms with E-state index in [1.807, 2.05) is 6.07 Å². The number of amides is 1. The monoisotopic (exact) mass is 335 g/mol. The second-order valence-corrected chi connectivity index (χ2v) is 5.03. The van der Waals surface area contributed by atoms with Gasteiger partial charge in [-0.25, -0.2) is 0 Å². The molecule has 1 N–H and O–H groups in total. The molecule has 0 fully saturated rings. The van der Waals surface area contributed by atoms with E-state index >= 15 is 0 Å². The van der Waals surface area contributed by atoms with Crippen molar-refractivity contribution in [3.63, 3.8) is 0 Å². The van der Waals surface area contributed by atoms with Crippen molar-refractivity contribution >= 4 is 29.1 Å². The zero-order valence-electron chi connectivity index (χ0n) is 11.3. The molecule has 0 aliphatic heterocycles. The van der Waals surface area contributed by atoms with Crippen LogP contribution in [0.15, 0.2) is 42.6 Å². The van der Waals surface area contributed by atoms with Crippen molar-refractivity contribution in [3.05, 3.63) is 63.9 Å². The van der Waals surface area contributed by atoms with Crippen molar-refractivity contribution in [3.8, 4) is 6.07 Å². The summed E-state index contributed by atoms with van der Waals surface area (Å²) < 4.78 is 5.31. The van der Waals surface area contributed by atoms with Gasteiger partial charge in [0.05, 0.1) is 27.9 Å². The summed E-state index contributed by atoms with van der Waals surface area (Å²) in [5, 5.41) is 11.9.